The summed E-state index contributed by atoms with van der Waals surface area (Å²) in [5.74, 6) is -1.42. The molecule has 2 fully saturated rings. The number of ether oxygens (including phenoxy) is 1. The molecule has 2 unspecified atom stereocenters. The molecule has 41 heavy (non-hydrogen) atoms. The number of β-lactam (4-membered cyclic amide) rings is 1. The summed E-state index contributed by atoms with van der Waals surface area (Å²) >= 11 is 0. The van der Waals surface area contributed by atoms with Gasteiger partial charge in [0, 0.05) is 17.7 Å². The molecule has 10 heteroatoms. The van der Waals surface area contributed by atoms with Gasteiger partial charge in [-0.3, -0.25) is 4.79 Å². The molecule has 2 saturated heterocycles. The molecule has 2 aliphatic rings. The molecule has 2 aliphatic heterocycles. The second-order valence-corrected chi connectivity index (χ2v) is 10.7. The number of phenols is 1. The summed E-state index contributed by atoms with van der Waals surface area (Å²) in [6.45, 7) is -0.539. The molecule has 5 rings (SSSR count). The average molecular weight is 570 g/mol. The summed E-state index contributed by atoms with van der Waals surface area (Å²) in [7, 11) is 0. The number of hydrogen-bond donors (Lipinski definition) is 5. The van der Waals surface area contributed by atoms with Crippen LogP contribution in [0.5, 0.6) is 5.75 Å². The molecule has 0 aliphatic carbocycles. The Morgan fingerprint density at radius 1 is 0.805 bits per heavy atom. The van der Waals surface area contributed by atoms with E-state index >= 15 is 0 Å². The van der Waals surface area contributed by atoms with Crippen molar-refractivity contribution in [2.75, 3.05) is 11.5 Å². The minimum absolute atomic E-state index is 0.0831. The van der Waals surface area contributed by atoms with Crippen LogP contribution < -0.4 is 4.90 Å². The monoisotopic (exact) mass is 569 g/mol. The lowest BCUT2D eigenvalue weighted by Crippen LogP contribution is -2.59. The van der Waals surface area contributed by atoms with Gasteiger partial charge in [0.05, 0.1) is 24.7 Å². The van der Waals surface area contributed by atoms with Gasteiger partial charge < -0.3 is 35.2 Å². The number of aryl methyl sites for hydroxylation is 1. The van der Waals surface area contributed by atoms with E-state index in [-0.39, 0.29) is 23.9 Å². The summed E-state index contributed by atoms with van der Waals surface area (Å²) < 4.78 is 32.4. The molecule has 0 radical (unpaired) electrons. The van der Waals surface area contributed by atoms with Crippen LogP contribution in [0.15, 0.2) is 66.7 Å². The van der Waals surface area contributed by atoms with Gasteiger partial charge in [-0.05, 0) is 72.9 Å². The molecule has 7 atom stereocenters. The fraction of sp³-hybridized carbons (Fsp3) is 0.387. The quantitative estimate of drug-likeness (QED) is 0.251. The van der Waals surface area contributed by atoms with Crippen molar-refractivity contribution in [1.82, 2.24) is 0 Å². The maximum absolute atomic E-state index is 13.6. The van der Waals surface area contributed by atoms with Crippen molar-refractivity contribution in [2.45, 2.75) is 62.2 Å². The van der Waals surface area contributed by atoms with Crippen LogP contribution in [0.4, 0.5) is 14.5 Å². The Bertz CT molecular complexity index is 1350. The number of aliphatic hydroxyl groups excluding tert-OH is 4. The van der Waals surface area contributed by atoms with Crippen LogP contribution >= 0.6 is 0 Å². The second kappa shape index (κ2) is 12.2. The van der Waals surface area contributed by atoms with E-state index in [2.05, 4.69) is 0 Å². The van der Waals surface area contributed by atoms with Crippen molar-refractivity contribution in [3.8, 4) is 5.75 Å². The highest BCUT2D eigenvalue weighted by atomic mass is 19.1. The van der Waals surface area contributed by atoms with E-state index in [0.717, 1.165) is 5.56 Å². The van der Waals surface area contributed by atoms with Gasteiger partial charge >= 0.3 is 0 Å². The van der Waals surface area contributed by atoms with Gasteiger partial charge in [0.15, 0.2) is 0 Å². The first-order chi connectivity index (χ1) is 19.7. The number of aromatic hydroxyl groups is 1. The molecule has 0 spiro atoms. The Morgan fingerprint density at radius 3 is 2.05 bits per heavy atom. The normalized spacial score (nSPS) is 28.0. The van der Waals surface area contributed by atoms with Gasteiger partial charge in [-0.25, -0.2) is 8.78 Å². The molecule has 8 nitrogen and oxygen atoms in total. The lowest BCUT2D eigenvalue weighted by atomic mass is 9.78. The van der Waals surface area contributed by atoms with Crippen molar-refractivity contribution in [2.24, 2.45) is 5.92 Å². The highest BCUT2D eigenvalue weighted by Crippen LogP contribution is 2.48. The van der Waals surface area contributed by atoms with E-state index in [4.69, 9.17) is 4.74 Å². The van der Waals surface area contributed by atoms with Crippen LogP contribution in [-0.2, 0) is 22.4 Å². The summed E-state index contributed by atoms with van der Waals surface area (Å²) in [5, 5.41) is 51.1. The zero-order valence-corrected chi connectivity index (χ0v) is 22.2. The Kier molecular flexibility index (Phi) is 8.67. The molecule has 0 saturated carbocycles. The maximum Gasteiger partial charge on any atom is 0.233 e. The van der Waals surface area contributed by atoms with E-state index in [1.165, 1.54) is 47.4 Å². The number of anilines is 1. The van der Waals surface area contributed by atoms with Gasteiger partial charge in [-0.2, -0.15) is 0 Å². The Labute approximate surface area is 236 Å². The third-order valence-electron chi connectivity index (χ3n) is 8.05. The van der Waals surface area contributed by atoms with Crippen LogP contribution in [0.3, 0.4) is 0 Å². The Balaban J connectivity index is 1.35. The number of benzene rings is 3. The fourth-order valence-corrected chi connectivity index (χ4v) is 5.80. The number of halogens is 2. The molecule has 0 aromatic heterocycles. The van der Waals surface area contributed by atoms with Gasteiger partial charge in [-0.15, -0.1) is 0 Å². The first kappa shape index (κ1) is 29.1. The zero-order valence-electron chi connectivity index (χ0n) is 22.2. The summed E-state index contributed by atoms with van der Waals surface area (Å²) in [6, 6.07) is 16.2. The molecule has 3 aromatic rings. The first-order valence-corrected chi connectivity index (χ1v) is 13.6. The fourth-order valence-electron chi connectivity index (χ4n) is 5.80. The predicted octanol–water partition coefficient (Wildman–Crippen LogP) is 2.78. The topological polar surface area (TPSA) is 131 Å². The summed E-state index contributed by atoms with van der Waals surface area (Å²) in [4.78, 5) is 14.8. The largest absolute Gasteiger partial charge is 0.508 e. The molecular weight excluding hydrogens is 536 g/mol. The van der Waals surface area contributed by atoms with Crippen LogP contribution in [-0.4, -0.2) is 68.6 Å². The number of aliphatic hydroxyl groups is 4. The van der Waals surface area contributed by atoms with Gasteiger partial charge in [0.2, 0.25) is 5.91 Å². The standard InChI is InChI=1S/C31H33F2NO7/c32-19-7-4-17(5-8-19)2-1-3-23-27(34(31(23)40)21-11-9-20(33)10-12-21)22-13-6-18(14-24(22)36)15-25-28(37)30(39)29(38)26(16-35)41-25/h4-14,23,25-30,35-39H,1-3,15-16H2/t23-,25+,26?,27-,28?,29-,30-/m1/s1. The number of amides is 1. The SMILES string of the molecule is O=C1[C@H](CCCc2ccc(F)cc2)[C@@H](c2ccc(C[C@@H]3OC(CO)[C@@H](O)[C@H](O)C3O)cc2O)N1c1ccc(F)cc1. The number of carbonyl (C=O) groups is 1. The van der Waals surface area contributed by atoms with Crippen molar-refractivity contribution >= 4 is 11.6 Å². The average Bonchev–Trinajstić information content (AvgIpc) is 2.96. The maximum atomic E-state index is 13.6. The van der Waals surface area contributed by atoms with Crippen molar-refractivity contribution in [1.29, 1.82) is 0 Å². The van der Waals surface area contributed by atoms with Crippen LogP contribution in [0.1, 0.15) is 35.6 Å². The molecule has 1 amide bonds. The lowest BCUT2D eigenvalue weighted by molar-refractivity contribution is -0.228. The number of nitrogens with zero attached hydrogens (tertiary/aromatic N) is 1. The Morgan fingerprint density at radius 2 is 1.41 bits per heavy atom. The van der Waals surface area contributed by atoms with Gasteiger partial charge in [-0.1, -0.05) is 24.3 Å². The van der Waals surface area contributed by atoms with Crippen molar-refractivity contribution < 1.29 is 43.8 Å². The Hall–Kier alpha value is -3.41. The minimum atomic E-state index is -1.50. The molecule has 5 N–H and O–H groups in total. The van der Waals surface area contributed by atoms with E-state index < -0.39 is 54.9 Å². The van der Waals surface area contributed by atoms with E-state index in [9.17, 15) is 39.1 Å². The number of rotatable bonds is 9. The highest BCUT2D eigenvalue weighted by molar-refractivity contribution is 6.03. The van der Waals surface area contributed by atoms with Crippen LogP contribution in [0, 0.1) is 17.6 Å². The first-order valence-electron chi connectivity index (χ1n) is 13.6. The van der Waals surface area contributed by atoms with Gasteiger partial charge in [0.25, 0.3) is 0 Å². The van der Waals surface area contributed by atoms with Crippen molar-refractivity contribution in [3.05, 3.63) is 95.1 Å². The van der Waals surface area contributed by atoms with Crippen LogP contribution in [0.2, 0.25) is 0 Å². The third-order valence-corrected chi connectivity index (χ3v) is 8.05. The molecular formula is C31H33F2NO7. The lowest BCUT2D eigenvalue weighted by Gasteiger charge is -2.48. The third kappa shape index (κ3) is 5.98. The summed E-state index contributed by atoms with van der Waals surface area (Å²) in [6.07, 6.45) is -4.42. The van der Waals surface area contributed by atoms with E-state index in [0.29, 0.717) is 36.1 Å². The number of carbonyl (C=O) groups excluding carboxylic acids is 1. The van der Waals surface area contributed by atoms with Gasteiger partial charge in [0.1, 0.15) is 41.8 Å². The predicted molar refractivity (Wildman–Crippen MR) is 145 cm³/mol. The van der Waals surface area contributed by atoms with E-state index in [1.54, 1.807) is 24.3 Å². The number of hydrogen-bond acceptors (Lipinski definition) is 7. The van der Waals surface area contributed by atoms with E-state index in [1.807, 2.05) is 0 Å². The molecule has 218 valence electrons. The van der Waals surface area contributed by atoms with Crippen molar-refractivity contribution in [3.63, 3.8) is 0 Å². The zero-order chi connectivity index (χ0) is 29.3. The number of phenolic OH excluding ortho intramolecular Hbond substituents is 1. The molecule has 0 bridgehead atoms. The highest BCUT2D eigenvalue weighted by Gasteiger charge is 2.49. The summed E-state index contributed by atoms with van der Waals surface area (Å²) in [5.41, 5.74) is 2.52. The molecule has 2 heterocycles. The molecule has 3 aromatic carbocycles. The smallest absolute Gasteiger partial charge is 0.233 e. The minimum Gasteiger partial charge on any atom is -0.508 e. The van der Waals surface area contributed by atoms with Crippen LogP contribution in [0.25, 0.3) is 0 Å². The second-order valence-electron chi connectivity index (χ2n) is 10.7.